The van der Waals surface area contributed by atoms with E-state index in [1.54, 1.807) is 12.1 Å². The zero-order valence-electron chi connectivity index (χ0n) is 9.01. The largest absolute Gasteiger partial charge is 0.357 e. The predicted molar refractivity (Wildman–Crippen MR) is 63.3 cm³/mol. The topological polar surface area (TPSA) is 80.3 Å². The maximum atomic E-state index is 12.1. The summed E-state index contributed by atoms with van der Waals surface area (Å²) in [5, 5.41) is 3.43. The number of fused-ring (bicyclic) bond motifs is 1. The first-order chi connectivity index (χ1) is 8.52. The summed E-state index contributed by atoms with van der Waals surface area (Å²) in [5.41, 5.74) is 0.183. The van der Waals surface area contributed by atoms with Gasteiger partial charge >= 0.3 is 0 Å². The molecule has 0 radical (unpaired) electrons. The molecule has 1 N–H and O–H groups in total. The van der Waals surface area contributed by atoms with Gasteiger partial charge in [0.1, 0.15) is 10.6 Å². The number of rotatable bonds is 0. The molecule has 1 aromatic rings. The molecule has 0 unspecified atom stereocenters. The van der Waals surface area contributed by atoms with E-state index in [9.17, 15) is 18.0 Å². The second-order valence-electron chi connectivity index (χ2n) is 3.90. The van der Waals surface area contributed by atoms with Crippen LogP contribution < -0.4 is 5.32 Å². The number of hydrogen-bond acceptors (Lipinski definition) is 5. The Balaban J connectivity index is 2.35. The van der Waals surface area contributed by atoms with E-state index in [0.717, 1.165) is 11.6 Å². The van der Waals surface area contributed by atoms with Crippen LogP contribution in [-0.2, 0) is 9.84 Å². The molecular weight excluding hydrogens is 254 g/mol. The van der Waals surface area contributed by atoms with Crippen LogP contribution in [0.1, 0.15) is 20.7 Å². The molecule has 3 rings (SSSR count). The molecule has 0 aromatic heterocycles. The number of benzene rings is 1. The molecule has 6 heteroatoms. The van der Waals surface area contributed by atoms with Gasteiger partial charge in [-0.25, -0.2) is 8.42 Å². The van der Waals surface area contributed by atoms with Gasteiger partial charge in [-0.3, -0.25) is 9.59 Å². The predicted octanol–water partition coefficient (Wildman–Crippen LogP) is 0.766. The normalized spacial score (nSPS) is 20.2. The molecule has 1 heterocycles. The van der Waals surface area contributed by atoms with Crippen molar-refractivity contribution < 1.29 is 18.0 Å². The van der Waals surface area contributed by atoms with E-state index in [-0.39, 0.29) is 16.8 Å². The third-order valence-electron chi connectivity index (χ3n) is 2.84. The number of allylic oxidation sites excluding steroid dienone is 2. The number of hydrogen-bond donors (Lipinski definition) is 1. The van der Waals surface area contributed by atoms with Gasteiger partial charge < -0.3 is 5.32 Å². The SMILES string of the molecule is O=C1C2=C(C(=O)c3ccccc31)S(=O)(=O)C=CN2. The lowest BCUT2D eigenvalue weighted by atomic mass is 9.92. The Morgan fingerprint density at radius 3 is 2.22 bits per heavy atom. The van der Waals surface area contributed by atoms with Crippen molar-refractivity contribution in [1.82, 2.24) is 5.32 Å². The molecule has 1 aliphatic heterocycles. The maximum absolute atomic E-state index is 12.1. The van der Waals surface area contributed by atoms with Gasteiger partial charge in [-0.1, -0.05) is 24.3 Å². The second-order valence-corrected chi connectivity index (χ2v) is 5.67. The summed E-state index contributed by atoms with van der Waals surface area (Å²) in [6.45, 7) is 0. The van der Waals surface area contributed by atoms with Crippen molar-refractivity contribution >= 4 is 21.4 Å². The number of carbonyl (C=O) groups is 2. The van der Waals surface area contributed by atoms with Crippen molar-refractivity contribution in [1.29, 1.82) is 0 Å². The highest BCUT2D eigenvalue weighted by atomic mass is 32.2. The summed E-state index contributed by atoms with van der Waals surface area (Å²) in [5.74, 6) is -1.12. The maximum Gasteiger partial charge on any atom is 0.211 e. The van der Waals surface area contributed by atoms with Crippen LogP contribution in [0, 0.1) is 0 Å². The van der Waals surface area contributed by atoms with Crippen LogP contribution >= 0.6 is 0 Å². The third kappa shape index (κ3) is 1.29. The van der Waals surface area contributed by atoms with E-state index in [2.05, 4.69) is 5.32 Å². The number of sulfone groups is 1. The third-order valence-corrected chi connectivity index (χ3v) is 4.29. The highest BCUT2D eigenvalue weighted by Crippen LogP contribution is 2.30. The molecule has 0 saturated carbocycles. The van der Waals surface area contributed by atoms with E-state index in [1.807, 2.05) is 0 Å². The fraction of sp³-hybridized carbons (Fsp3) is 0. The highest BCUT2D eigenvalue weighted by Gasteiger charge is 2.39. The number of Topliss-reactive ketones (excluding diaryl/α,β-unsaturated/α-hetero) is 2. The molecule has 0 amide bonds. The van der Waals surface area contributed by atoms with Gasteiger partial charge in [-0.2, -0.15) is 0 Å². The quantitative estimate of drug-likeness (QED) is 0.746. The van der Waals surface area contributed by atoms with Crippen LogP contribution in [0.3, 0.4) is 0 Å². The van der Waals surface area contributed by atoms with Crippen molar-refractivity contribution in [2.45, 2.75) is 0 Å². The number of ketones is 2. The molecule has 1 aromatic carbocycles. The minimum atomic E-state index is -3.84. The van der Waals surface area contributed by atoms with Crippen molar-refractivity contribution in [3.63, 3.8) is 0 Å². The summed E-state index contributed by atoms with van der Waals surface area (Å²) >= 11 is 0. The van der Waals surface area contributed by atoms with Crippen LogP contribution in [-0.4, -0.2) is 20.0 Å². The van der Waals surface area contributed by atoms with Gasteiger partial charge in [0.05, 0.1) is 5.41 Å². The van der Waals surface area contributed by atoms with Gasteiger partial charge in [0, 0.05) is 17.3 Å². The first-order valence-corrected chi connectivity index (χ1v) is 6.68. The van der Waals surface area contributed by atoms with Crippen LogP contribution in [0.4, 0.5) is 0 Å². The number of nitrogens with one attached hydrogen (secondary N) is 1. The van der Waals surface area contributed by atoms with Gasteiger partial charge in [0.2, 0.25) is 21.4 Å². The molecule has 0 spiro atoms. The number of carbonyl (C=O) groups excluding carboxylic acids is 2. The zero-order valence-corrected chi connectivity index (χ0v) is 9.82. The van der Waals surface area contributed by atoms with Gasteiger partial charge in [-0.05, 0) is 0 Å². The lowest BCUT2D eigenvalue weighted by Gasteiger charge is -2.22. The van der Waals surface area contributed by atoms with Gasteiger partial charge in [0.15, 0.2) is 0 Å². The summed E-state index contributed by atoms with van der Waals surface area (Å²) < 4.78 is 23.6. The molecular formula is C12H7NO4S. The minimum absolute atomic E-state index is 0.127. The van der Waals surface area contributed by atoms with E-state index in [4.69, 9.17) is 0 Å². The van der Waals surface area contributed by atoms with Crippen molar-refractivity contribution in [3.8, 4) is 0 Å². The van der Waals surface area contributed by atoms with Crippen LogP contribution in [0.15, 0.2) is 46.5 Å². The lowest BCUT2D eigenvalue weighted by molar-refractivity contribution is 0.0976. The fourth-order valence-electron chi connectivity index (χ4n) is 2.03. The molecule has 0 saturated heterocycles. The monoisotopic (exact) mass is 261 g/mol. The molecule has 1 aliphatic carbocycles. The Morgan fingerprint density at radius 1 is 0.944 bits per heavy atom. The molecule has 18 heavy (non-hydrogen) atoms. The molecule has 0 fully saturated rings. The van der Waals surface area contributed by atoms with E-state index in [0.29, 0.717) is 0 Å². The summed E-state index contributed by atoms with van der Waals surface area (Å²) in [6.07, 6.45) is 1.15. The summed E-state index contributed by atoms with van der Waals surface area (Å²) in [7, 11) is -3.84. The smallest absolute Gasteiger partial charge is 0.211 e. The van der Waals surface area contributed by atoms with E-state index >= 15 is 0 Å². The van der Waals surface area contributed by atoms with E-state index in [1.165, 1.54) is 12.1 Å². The highest BCUT2D eigenvalue weighted by molar-refractivity contribution is 7.99. The first-order valence-electron chi connectivity index (χ1n) is 5.13. The van der Waals surface area contributed by atoms with Crippen LogP contribution in [0.2, 0.25) is 0 Å². The zero-order chi connectivity index (χ0) is 12.9. The Kier molecular flexibility index (Phi) is 2.06. The Labute approximate surface area is 103 Å². The second kappa shape index (κ2) is 3.39. The molecule has 0 atom stereocenters. The molecule has 90 valence electrons. The van der Waals surface area contributed by atoms with E-state index < -0.39 is 26.3 Å². The van der Waals surface area contributed by atoms with Crippen molar-refractivity contribution in [3.05, 3.63) is 57.6 Å². The van der Waals surface area contributed by atoms with Crippen LogP contribution in [0.5, 0.6) is 0 Å². The molecule has 5 nitrogen and oxygen atoms in total. The Hall–Kier alpha value is -2.21. The average Bonchev–Trinajstić information content (AvgIpc) is 2.35. The summed E-state index contributed by atoms with van der Waals surface area (Å²) in [6, 6.07) is 6.18. The standard InChI is InChI=1S/C12H7NO4S/c14-10-7-3-1-2-4-8(7)11(15)12-9(10)13-5-6-18(12,16)17/h1-6,13H. The summed E-state index contributed by atoms with van der Waals surface area (Å²) in [4.78, 5) is 23.8. The van der Waals surface area contributed by atoms with Crippen molar-refractivity contribution in [2.75, 3.05) is 0 Å². The van der Waals surface area contributed by atoms with Gasteiger partial charge in [0.25, 0.3) is 0 Å². The van der Waals surface area contributed by atoms with Gasteiger partial charge in [-0.15, -0.1) is 0 Å². The Morgan fingerprint density at radius 2 is 1.56 bits per heavy atom. The lowest BCUT2D eigenvalue weighted by Crippen LogP contribution is -2.33. The molecule has 0 bridgehead atoms. The Bertz CT molecular complexity index is 756. The minimum Gasteiger partial charge on any atom is -0.357 e. The first kappa shape index (κ1) is 10.9. The van der Waals surface area contributed by atoms with Crippen molar-refractivity contribution in [2.24, 2.45) is 0 Å². The fourth-order valence-corrected chi connectivity index (χ4v) is 3.22. The average molecular weight is 261 g/mol. The van der Waals surface area contributed by atoms with Crippen LogP contribution in [0.25, 0.3) is 0 Å². The molecule has 2 aliphatic rings.